The average Bonchev–Trinajstić information content (AvgIpc) is 2.82. The van der Waals surface area contributed by atoms with Crippen LogP contribution >= 0.6 is 11.3 Å². The Labute approximate surface area is 132 Å². The second kappa shape index (κ2) is 7.72. The summed E-state index contributed by atoms with van der Waals surface area (Å²) in [6.45, 7) is 6.43. The number of nitrogens with zero attached hydrogens (tertiary/aromatic N) is 1. The van der Waals surface area contributed by atoms with Crippen LogP contribution in [0.2, 0.25) is 0 Å². The Hall–Kier alpha value is -0.430. The van der Waals surface area contributed by atoms with Crippen LogP contribution in [0.5, 0.6) is 0 Å². The molecule has 2 rings (SSSR count). The zero-order valence-electron chi connectivity index (χ0n) is 13.0. The third kappa shape index (κ3) is 4.06. The molecule has 1 aromatic rings. The lowest BCUT2D eigenvalue weighted by Gasteiger charge is -2.27. The summed E-state index contributed by atoms with van der Waals surface area (Å²) in [5, 5.41) is 5.19. The van der Waals surface area contributed by atoms with Crippen LogP contribution in [0.3, 0.4) is 0 Å². The maximum absolute atomic E-state index is 12.9. The maximum atomic E-state index is 12.9. The van der Waals surface area contributed by atoms with E-state index in [1.165, 1.54) is 11.3 Å². The van der Waals surface area contributed by atoms with Crippen molar-refractivity contribution in [2.45, 2.75) is 62.7 Å². The van der Waals surface area contributed by atoms with Crippen molar-refractivity contribution in [2.75, 3.05) is 13.1 Å². The Bertz CT molecular complexity index is 540. The molecule has 1 aliphatic rings. The van der Waals surface area contributed by atoms with Gasteiger partial charge in [-0.2, -0.15) is 4.31 Å². The highest BCUT2D eigenvalue weighted by atomic mass is 32.2. The molecular formula is C15H26N2O2S2. The fourth-order valence-electron chi connectivity index (χ4n) is 2.84. The minimum atomic E-state index is -3.33. The second-order valence-corrected chi connectivity index (χ2v) is 8.61. The first-order valence-electron chi connectivity index (χ1n) is 7.89. The fourth-order valence-corrected chi connectivity index (χ4v) is 5.95. The van der Waals surface area contributed by atoms with Gasteiger partial charge in [0.25, 0.3) is 10.0 Å². The summed E-state index contributed by atoms with van der Waals surface area (Å²) in [6, 6.07) is 2.00. The zero-order chi connectivity index (χ0) is 15.3. The van der Waals surface area contributed by atoms with Crippen LogP contribution in [0.4, 0.5) is 0 Å². The zero-order valence-corrected chi connectivity index (χ0v) is 14.6. The Kier molecular flexibility index (Phi) is 6.22. The van der Waals surface area contributed by atoms with E-state index in [4.69, 9.17) is 0 Å². The molecule has 0 bridgehead atoms. The van der Waals surface area contributed by atoms with E-state index < -0.39 is 10.0 Å². The molecular weight excluding hydrogens is 304 g/mol. The fraction of sp³-hybridized carbons (Fsp3) is 0.733. The Balaban J connectivity index is 2.20. The number of hydrogen-bond donors (Lipinski definition) is 1. The summed E-state index contributed by atoms with van der Waals surface area (Å²) in [6.07, 6.45) is 5.14. The predicted molar refractivity (Wildman–Crippen MR) is 88.1 cm³/mol. The monoisotopic (exact) mass is 330 g/mol. The van der Waals surface area contributed by atoms with E-state index in [2.05, 4.69) is 12.2 Å². The quantitative estimate of drug-likeness (QED) is 0.871. The summed E-state index contributed by atoms with van der Waals surface area (Å²) in [7, 11) is -3.33. The summed E-state index contributed by atoms with van der Waals surface area (Å²) in [5.74, 6) is 0. The lowest BCUT2D eigenvalue weighted by Crippen LogP contribution is -2.39. The van der Waals surface area contributed by atoms with Crippen LogP contribution in [0.15, 0.2) is 15.7 Å². The van der Waals surface area contributed by atoms with Crippen LogP contribution in [0.1, 0.15) is 51.5 Å². The van der Waals surface area contributed by atoms with Gasteiger partial charge in [-0.3, -0.25) is 0 Å². The molecule has 120 valence electrons. The first-order chi connectivity index (χ1) is 10.1. The third-order valence-electron chi connectivity index (χ3n) is 4.07. The van der Waals surface area contributed by atoms with Crippen molar-refractivity contribution in [3.05, 3.63) is 17.0 Å². The van der Waals surface area contributed by atoms with E-state index >= 15 is 0 Å². The average molecular weight is 331 g/mol. The molecule has 1 N–H and O–H groups in total. The van der Waals surface area contributed by atoms with Gasteiger partial charge in [-0.15, -0.1) is 11.3 Å². The molecule has 4 nitrogen and oxygen atoms in total. The number of nitrogens with one attached hydrogen (secondary N) is 1. The first kappa shape index (κ1) is 16.9. The van der Waals surface area contributed by atoms with Gasteiger partial charge in [-0.25, -0.2) is 8.42 Å². The normalized spacial score (nSPS) is 21.3. The molecule has 1 aliphatic heterocycles. The minimum Gasteiger partial charge on any atom is -0.313 e. The van der Waals surface area contributed by atoms with Gasteiger partial charge in [0.2, 0.25) is 0 Å². The van der Waals surface area contributed by atoms with Gasteiger partial charge >= 0.3 is 0 Å². The van der Waals surface area contributed by atoms with E-state index in [-0.39, 0.29) is 6.04 Å². The summed E-state index contributed by atoms with van der Waals surface area (Å²) < 4.78 is 28.1. The highest BCUT2D eigenvalue weighted by Gasteiger charge is 2.32. The van der Waals surface area contributed by atoms with Crippen molar-refractivity contribution >= 4 is 21.4 Å². The molecule has 0 amide bonds. The molecule has 1 unspecified atom stereocenters. The van der Waals surface area contributed by atoms with Gasteiger partial charge < -0.3 is 5.32 Å². The number of rotatable bonds is 6. The van der Waals surface area contributed by atoms with E-state index in [1.807, 2.05) is 18.4 Å². The van der Waals surface area contributed by atoms with Crippen molar-refractivity contribution in [3.63, 3.8) is 0 Å². The summed E-state index contributed by atoms with van der Waals surface area (Å²) in [5.41, 5.74) is 1.06. The number of thiophene rings is 1. The molecule has 21 heavy (non-hydrogen) atoms. The maximum Gasteiger partial charge on any atom is 0.252 e. The van der Waals surface area contributed by atoms with E-state index in [9.17, 15) is 8.42 Å². The van der Waals surface area contributed by atoms with Crippen LogP contribution in [0, 0.1) is 0 Å². The number of sulfonamides is 1. The van der Waals surface area contributed by atoms with Gasteiger partial charge in [0.1, 0.15) is 4.21 Å². The molecule has 1 saturated heterocycles. The molecule has 6 heteroatoms. The molecule has 0 aliphatic carbocycles. The Morgan fingerprint density at radius 1 is 1.33 bits per heavy atom. The molecule has 0 radical (unpaired) electrons. The van der Waals surface area contributed by atoms with Gasteiger partial charge in [-0.1, -0.05) is 26.7 Å². The summed E-state index contributed by atoms with van der Waals surface area (Å²) >= 11 is 1.35. The van der Waals surface area contributed by atoms with Crippen LogP contribution < -0.4 is 5.32 Å². The highest BCUT2D eigenvalue weighted by Crippen LogP contribution is 2.29. The molecule has 2 heterocycles. The number of hydrogen-bond acceptors (Lipinski definition) is 4. The van der Waals surface area contributed by atoms with Gasteiger partial charge in [0, 0.05) is 19.1 Å². The molecule has 1 aromatic heterocycles. The highest BCUT2D eigenvalue weighted by molar-refractivity contribution is 7.91. The smallest absolute Gasteiger partial charge is 0.252 e. The van der Waals surface area contributed by atoms with Crippen molar-refractivity contribution in [3.8, 4) is 0 Å². The van der Waals surface area contributed by atoms with Crippen molar-refractivity contribution in [2.24, 2.45) is 0 Å². The minimum absolute atomic E-state index is 0.164. The molecule has 1 atom stereocenters. The van der Waals surface area contributed by atoms with Crippen LogP contribution in [-0.2, 0) is 16.6 Å². The third-order valence-corrected chi connectivity index (χ3v) is 7.48. The van der Waals surface area contributed by atoms with Gasteiger partial charge in [-0.05, 0) is 42.8 Å². The van der Waals surface area contributed by atoms with Crippen LogP contribution in [0.25, 0.3) is 0 Å². The van der Waals surface area contributed by atoms with E-state index in [0.29, 0.717) is 10.8 Å². The first-order valence-corrected chi connectivity index (χ1v) is 10.2. The molecule has 0 aromatic carbocycles. The largest absolute Gasteiger partial charge is 0.313 e. The second-order valence-electron chi connectivity index (χ2n) is 5.58. The predicted octanol–water partition coefficient (Wildman–Crippen LogP) is 3.20. The lowest BCUT2D eigenvalue weighted by atomic mass is 10.1. The lowest BCUT2D eigenvalue weighted by molar-refractivity contribution is 0.315. The van der Waals surface area contributed by atoms with Gasteiger partial charge in [0.05, 0.1) is 0 Å². The van der Waals surface area contributed by atoms with Crippen LogP contribution in [-0.4, -0.2) is 31.9 Å². The SMILES string of the molecule is CCNCc1csc(S(=O)(=O)N2CCCCCC2CC)c1. The molecule has 0 spiro atoms. The molecule has 1 fully saturated rings. The van der Waals surface area contributed by atoms with Gasteiger partial charge in [0.15, 0.2) is 0 Å². The van der Waals surface area contributed by atoms with Crippen molar-refractivity contribution in [1.29, 1.82) is 0 Å². The van der Waals surface area contributed by atoms with Crippen molar-refractivity contribution in [1.82, 2.24) is 9.62 Å². The topological polar surface area (TPSA) is 49.4 Å². The summed E-state index contributed by atoms with van der Waals surface area (Å²) in [4.78, 5) is 0. The Morgan fingerprint density at radius 3 is 2.86 bits per heavy atom. The molecule has 0 saturated carbocycles. The van der Waals surface area contributed by atoms with E-state index in [1.54, 1.807) is 4.31 Å². The van der Waals surface area contributed by atoms with E-state index in [0.717, 1.165) is 50.8 Å². The standard InChI is InChI=1S/C15H26N2O2S2/c1-3-14-8-6-5-7-9-17(14)21(18,19)15-10-13(12-20-15)11-16-4-2/h10,12,14,16H,3-9,11H2,1-2H3. The van der Waals surface area contributed by atoms with Crippen molar-refractivity contribution < 1.29 is 8.42 Å². The Morgan fingerprint density at radius 2 is 2.14 bits per heavy atom.